The van der Waals surface area contributed by atoms with E-state index in [0.29, 0.717) is 5.02 Å². The van der Waals surface area contributed by atoms with Crippen LogP contribution in [0.3, 0.4) is 0 Å². The van der Waals surface area contributed by atoms with Crippen molar-refractivity contribution in [3.63, 3.8) is 0 Å². The maximum absolute atomic E-state index is 6.20. The summed E-state index contributed by atoms with van der Waals surface area (Å²) in [7, 11) is 0. The lowest BCUT2D eigenvalue weighted by molar-refractivity contribution is 0.815. The Bertz CT molecular complexity index is 576. The summed E-state index contributed by atoms with van der Waals surface area (Å²) in [5, 5.41) is 5.04. The van der Waals surface area contributed by atoms with Crippen LogP contribution in [0.15, 0.2) is 24.3 Å². The molecule has 3 nitrogen and oxygen atoms in total. The molecule has 1 aromatic carbocycles. The number of nitrogens with zero attached hydrogens (tertiary/aromatic N) is 1. The first-order valence-electron chi connectivity index (χ1n) is 6.21. The van der Waals surface area contributed by atoms with Gasteiger partial charge in [-0.2, -0.15) is 11.8 Å². The molecule has 0 bridgehead atoms. The van der Waals surface area contributed by atoms with Gasteiger partial charge in [0, 0.05) is 29.3 Å². The van der Waals surface area contributed by atoms with Gasteiger partial charge < -0.3 is 11.1 Å². The van der Waals surface area contributed by atoms with Gasteiger partial charge in [-0.25, -0.2) is 4.98 Å². The van der Waals surface area contributed by atoms with Crippen LogP contribution in [0, 0.1) is 0 Å². The summed E-state index contributed by atoms with van der Waals surface area (Å²) in [6.45, 7) is 2.83. The summed E-state index contributed by atoms with van der Waals surface area (Å²) < 4.78 is 0. The number of hydrogen-bond acceptors (Lipinski definition) is 4. The summed E-state index contributed by atoms with van der Waals surface area (Å²) in [5.74, 6) is 1.87. The summed E-state index contributed by atoms with van der Waals surface area (Å²) in [6, 6.07) is 7.80. The van der Waals surface area contributed by atoms with Gasteiger partial charge in [0.2, 0.25) is 0 Å². The number of nitrogens with two attached hydrogens (primary N) is 1. The first-order chi connectivity index (χ1) is 9.13. The van der Waals surface area contributed by atoms with Gasteiger partial charge in [0.05, 0.1) is 10.5 Å². The van der Waals surface area contributed by atoms with E-state index >= 15 is 0 Å². The molecular weight excluding hydrogens is 313 g/mol. The van der Waals surface area contributed by atoms with E-state index in [1.165, 1.54) is 0 Å². The maximum Gasteiger partial charge on any atom is 0.131 e. The molecule has 3 N–H and O–H groups in total. The Morgan fingerprint density at radius 1 is 1.45 bits per heavy atom. The van der Waals surface area contributed by atoms with E-state index in [2.05, 4.69) is 22.6 Å². The highest BCUT2D eigenvalue weighted by Gasteiger charge is 2.11. The van der Waals surface area contributed by atoms with E-state index in [9.17, 15) is 0 Å². The van der Waals surface area contributed by atoms with Crippen LogP contribution in [0.5, 0.6) is 0 Å². The Kier molecular flexibility index (Phi) is 6.89. The van der Waals surface area contributed by atoms with E-state index in [0.717, 1.165) is 34.6 Å². The highest BCUT2D eigenvalue weighted by molar-refractivity contribution is 7.98. The first-order valence-corrected chi connectivity index (χ1v) is 7.98. The Balaban J connectivity index is 0.00000200. The molecule has 0 spiro atoms. The fourth-order valence-corrected chi connectivity index (χ4v) is 2.47. The number of pyridine rings is 1. The number of rotatable bonds is 5. The third-order valence-electron chi connectivity index (χ3n) is 2.92. The molecule has 0 radical (unpaired) electrons. The molecule has 0 amide bonds. The number of nitrogens with one attached hydrogen (secondary N) is 1. The van der Waals surface area contributed by atoms with Crippen LogP contribution in [0.4, 0.5) is 5.82 Å². The topological polar surface area (TPSA) is 50.9 Å². The van der Waals surface area contributed by atoms with Crippen molar-refractivity contribution < 1.29 is 0 Å². The van der Waals surface area contributed by atoms with Crippen molar-refractivity contribution in [2.45, 2.75) is 13.0 Å². The average molecular weight is 332 g/mol. The first kappa shape index (κ1) is 17.4. The van der Waals surface area contributed by atoms with Crippen molar-refractivity contribution in [2.24, 2.45) is 5.73 Å². The van der Waals surface area contributed by atoms with Crippen molar-refractivity contribution in [2.75, 3.05) is 23.9 Å². The van der Waals surface area contributed by atoms with Crippen LogP contribution in [-0.2, 0) is 0 Å². The minimum absolute atomic E-state index is 0. The van der Waals surface area contributed by atoms with Crippen LogP contribution in [0.2, 0.25) is 5.02 Å². The van der Waals surface area contributed by atoms with Crippen molar-refractivity contribution >= 4 is 52.5 Å². The molecule has 0 aliphatic carbocycles. The predicted molar refractivity (Wildman–Crippen MR) is 93.5 cm³/mol. The monoisotopic (exact) mass is 331 g/mol. The molecule has 1 aromatic heterocycles. The number of benzene rings is 1. The number of para-hydroxylation sites is 1. The van der Waals surface area contributed by atoms with Gasteiger partial charge in [0.1, 0.15) is 5.82 Å². The normalized spacial score (nSPS) is 12.0. The minimum atomic E-state index is -0.0624. The van der Waals surface area contributed by atoms with Crippen molar-refractivity contribution in [3.05, 3.63) is 34.9 Å². The molecule has 0 aliphatic heterocycles. The van der Waals surface area contributed by atoms with Crippen LogP contribution in [0.25, 0.3) is 10.9 Å². The molecule has 1 unspecified atom stereocenters. The van der Waals surface area contributed by atoms with E-state index in [1.807, 2.05) is 25.1 Å². The Morgan fingerprint density at radius 3 is 2.85 bits per heavy atom. The van der Waals surface area contributed by atoms with Gasteiger partial charge in [0.25, 0.3) is 0 Å². The van der Waals surface area contributed by atoms with E-state index in [-0.39, 0.29) is 18.4 Å². The van der Waals surface area contributed by atoms with Crippen molar-refractivity contribution in [1.29, 1.82) is 0 Å². The van der Waals surface area contributed by atoms with Crippen LogP contribution < -0.4 is 11.1 Å². The number of fused-ring (bicyclic) bond motifs is 1. The predicted octanol–water partition coefficient (Wildman–Crippen LogP) is 4.10. The van der Waals surface area contributed by atoms with E-state index < -0.39 is 0 Å². The van der Waals surface area contributed by atoms with Gasteiger partial charge in [0.15, 0.2) is 0 Å². The second-order valence-corrected chi connectivity index (χ2v) is 5.84. The molecule has 2 aromatic rings. The SMILES string of the molecule is CSCCNc1nc2c(Cl)cccc2cc1C(C)N.Cl. The average Bonchev–Trinajstić information content (AvgIpc) is 2.39. The Labute approximate surface area is 135 Å². The maximum atomic E-state index is 6.20. The molecule has 0 saturated heterocycles. The fraction of sp³-hybridized carbons (Fsp3) is 0.357. The third-order valence-corrected chi connectivity index (χ3v) is 3.83. The van der Waals surface area contributed by atoms with Crippen LogP contribution >= 0.6 is 35.8 Å². The van der Waals surface area contributed by atoms with Crippen molar-refractivity contribution in [1.82, 2.24) is 4.98 Å². The largest absolute Gasteiger partial charge is 0.369 e. The molecule has 1 atom stereocenters. The van der Waals surface area contributed by atoms with Crippen molar-refractivity contribution in [3.8, 4) is 0 Å². The Hall–Kier alpha value is -0.680. The molecular formula is C14H19Cl2N3S. The van der Waals surface area contributed by atoms with Gasteiger partial charge in [-0.05, 0) is 25.3 Å². The zero-order valence-corrected chi connectivity index (χ0v) is 13.9. The van der Waals surface area contributed by atoms with E-state index in [1.54, 1.807) is 11.8 Å². The van der Waals surface area contributed by atoms with E-state index in [4.69, 9.17) is 17.3 Å². The number of anilines is 1. The van der Waals surface area contributed by atoms with Gasteiger partial charge in [-0.1, -0.05) is 23.7 Å². The molecule has 0 aliphatic rings. The highest BCUT2D eigenvalue weighted by atomic mass is 35.5. The smallest absolute Gasteiger partial charge is 0.131 e. The van der Waals surface area contributed by atoms with Gasteiger partial charge >= 0.3 is 0 Å². The summed E-state index contributed by atoms with van der Waals surface area (Å²) in [6.07, 6.45) is 2.08. The second-order valence-electron chi connectivity index (χ2n) is 4.45. The number of halogens is 2. The standard InChI is InChI=1S/C14H18ClN3S.ClH/c1-9(16)11-8-10-4-3-5-12(15)13(10)18-14(11)17-6-7-19-2;/h3-5,8-9H,6-7,16H2,1-2H3,(H,17,18);1H. The molecule has 0 fully saturated rings. The zero-order valence-electron chi connectivity index (χ0n) is 11.5. The lowest BCUT2D eigenvalue weighted by Crippen LogP contribution is -2.13. The highest BCUT2D eigenvalue weighted by Crippen LogP contribution is 2.28. The number of aromatic nitrogens is 1. The summed E-state index contributed by atoms with van der Waals surface area (Å²) in [5.41, 5.74) is 7.87. The summed E-state index contributed by atoms with van der Waals surface area (Å²) in [4.78, 5) is 4.64. The molecule has 1 heterocycles. The molecule has 6 heteroatoms. The quantitative estimate of drug-likeness (QED) is 0.809. The molecule has 2 rings (SSSR count). The molecule has 0 saturated carbocycles. The second kappa shape index (κ2) is 7.93. The van der Waals surface area contributed by atoms with Crippen LogP contribution in [0.1, 0.15) is 18.5 Å². The molecule has 20 heavy (non-hydrogen) atoms. The molecule has 110 valence electrons. The summed E-state index contributed by atoms with van der Waals surface area (Å²) >= 11 is 7.99. The zero-order chi connectivity index (χ0) is 13.8. The Morgan fingerprint density at radius 2 is 2.20 bits per heavy atom. The number of hydrogen-bond donors (Lipinski definition) is 2. The van der Waals surface area contributed by atoms with Gasteiger partial charge in [-0.15, -0.1) is 12.4 Å². The van der Waals surface area contributed by atoms with Crippen LogP contribution in [-0.4, -0.2) is 23.5 Å². The third kappa shape index (κ3) is 3.92. The fourth-order valence-electron chi connectivity index (χ4n) is 1.94. The minimum Gasteiger partial charge on any atom is -0.369 e. The van der Waals surface area contributed by atoms with Gasteiger partial charge in [-0.3, -0.25) is 0 Å². The number of thioether (sulfide) groups is 1. The lowest BCUT2D eigenvalue weighted by Gasteiger charge is -2.15. The lowest BCUT2D eigenvalue weighted by atomic mass is 10.1.